The fraction of sp³-hybridized carbons (Fsp3) is 0.625. The van der Waals surface area contributed by atoms with Gasteiger partial charge in [0.1, 0.15) is 5.82 Å². The molecule has 0 atom stereocenters. The molecule has 0 amide bonds. The van der Waals surface area contributed by atoms with Gasteiger partial charge in [-0.05, 0) is 18.9 Å². The lowest BCUT2D eigenvalue weighted by atomic mass is 9.89. The van der Waals surface area contributed by atoms with Gasteiger partial charge in [-0.3, -0.25) is 4.40 Å². The van der Waals surface area contributed by atoms with Crippen molar-refractivity contribution in [2.45, 2.75) is 38.0 Å². The molecular formula is C16H23N5. The third kappa shape index (κ3) is 2.50. The molecule has 0 spiro atoms. The number of nitrogens with zero attached hydrogens (tertiary/aromatic N) is 4. The average molecular weight is 285 g/mol. The van der Waals surface area contributed by atoms with Crippen molar-refractivity contribution in [3.8, 4) is 0 Å². The van der Waals surface area contributed by atoms with Crippen molar-refractivity contribution in [3.63, 3.8) is 0 Å². The van der Waals surface area contributed by atoms with Crippen LogP contribution in [0.15, 0.2) is 18.3 Å². The number of anilines is 1. The van der Waals surface area contributed by atoms with Crippen molar-refractivity contribution >= 4 is 11.3 Å². The maximum absolute atomic E-state index is 4.49. The van der Waals surface area contributed by atoms with E-state index in [-0.39, 0.29) is 0 Å². The Morgan fingerprint density at radius 3 is 2.67 bits per heavy atom. The topological polar surface area (TPSA) is 45.5 Å². The van der Waals surface area contributed by atoms with Crippen LogP contribution in [0.2, 0.25) is 0 Å². The zero-order valence-electron chi connectivity index (χ0n) is 12.5. The Bertz CT molecular complexity index is 608. The lowest BCUT2D eigenvalue weighted by Crippen LogP contribution is -2.43. The van der Waals surface area contributed by atoms with Crippen LogP contribution in [0.3, 0.4) is 0 Å². The van der Waals surface area contributed by atoms with Crippen LogP contribution in [0.25, 0.3) is 5.65 Å². The molecule has 2 aliphatic rings. The van der Waals surface area contributed by atoms with E-state index in [2.05, 4.69) is 43.1 Å². The van der Waals surface area contributed by atoms with Gasteiger partial charge in [0.25, 0.3) is 0 Å². The summed E-state index contributed by atoms with van der Waals surface area (Å²) in [4.78, 5) is 2.42. The lowest BCUT2D eigenvalue weighted by molar-refractivity contribution is 0.426. The maximum atomic E-state index is 4.49. The van der Waals surface area contributed by atoms with E-state index in [0.717, 1.165) is 37.7 Å². The number of hydrogen-bond donors (Lipinski definition) is 1. The van der Waals surface area contributed by atoms with Crippen LogP contribution in [-0.2, 0) is 0 Å². The lowest BCUT2D eigenvalue weighted by Gasteiger charge is -2.29. The zero-order chi connectivity index (χ0) is 14.1. The highest BCUT2D eigenvalue weighted by Gasteiger charge is 2.21. The van der Waals surface area contributed by atoms with Gasteiger partial charge in [-0.25, -0.2) is 0 Å². The van der Waals surface area contributed by atoms with Crippen LogP contribution in [0, 0.1) is 0 Å². The molecule has 4 rings (SSSR count). The van der Waals surface area contributed by atoms with E-state index in [4.69, 9.17) is 0 Å². The summed E-state index contributed by atoms with van der Waals surface area (Å²) < 4.78 is 2.20. The molecule has 0 aromatic carbocycles. The van der Waals surface area contributed by atoms with Gasteiger partial charge in [-0.2, -0.15) is 0 Å². The number of rotatable bonds is 2. The second-order valence-electron chi connectivity index (χ2n) is 6.24. The highest BCUT2D eigenvalue weighted by atomic mass is 15.3. The monoisotopic (exact) mass is 285 g/mol. The molecule has 2 fully saturated rings. The first-order valence-corrected chi connectivity index (χ1v) is 8.22. The van der Waals surface area contributed by atoms with Crippen molar-refractivity contribution in [1.29, 1.82) is 0 Å². The van der Waals surface area contributed by atoms with E-state index < -0.39 is 0 Å². The standard InChI is InChI=1S/C16H23N5/c1-2-4-13(5-3-1)16-19-18-15-12-14(6-9-21(15)16)20-10-7-17-8-11-20/h6,9,12-13,17H,1-5,7-8,10-11H2. The van der Waals surface area contributed by atoms with Crippen LogP contribution < -0.4 is 10.2 Å². The van der Waals surface area contributed by atoms with Crippen molar-refractivity contribution in [1.82, 2.24) is 19.9 Å². The highest BCUT2D eigenvalue weighted by Crippen LogP contribution is 2.32. The van der Waals surface area contributed by atoms with E-state index in [1.165, 1.54) is 37.8 Å². The first-order chi connectivity index (χ1) is 10.4. The second-order valence-corrected chi connectivity index (χ2v) is 6.24. The number of fused-ring (bicyclic) bond motifs is 1. The Hall–Kier alpha value is -1.62. The van der Waals surface area contributed by atoms with E-state index in [0.29, 0.717) is 5.92 Å². The molecule has 0 radical (unpaired) electrons. The Morgan fingerprint density at radius 1 is 1.05 bits per heavy atom. The minimum absolute atomic E-state index is 0.596. The number of hydrogen-bond acceptors (Lipinski definition) is 4. The molecule has 0 bridgehead atoms. The summed E-state index contributed by atoms with van der Waals surface area (Å²) in [5, 5.41) is 12.3. The summed E-state index contributed by atoms with van der Waals surface area (Å²) in [6, 6.07) is 4.40. The first kappa shape index (κ1) is 13.1. The highest BCUT2D eigenvalue weighted by molar-refractivity contribution is 5.56. The Kier molecular flexibility index (Phi) is 3.51. The van der Waals surface area contributed by atoms with Crippen LogP contribution in [-0.4, -0.2) is 40.8 Å². The van der Waals surface area contributed by atoms with Crippen molar-refractivity contribution < 1.29 is 0 Å². The normalized spacial score (nSPS) is 21.0. The molecule has 1 saturated heterocycles. The van der Waals surface area contributed by atoms with Crippen LogP contribution >= 0.6 is 0 Å². The second kappa shape index (κ2) is 5.64. The summed E-state index contributed by atoms with van der Waals surface area (Å²) in [6.45, 7) is 4.26. The minimum Gasteiger partial charge on any atom is -0.369 e. The third-order valence-electron chi connectivity index (χ3n) is 4.87. The summed E-state index contributed by atoms with van der Waals surface area (Å²) in [5.41, 5.74) is 2.26. The van der Waals surface area contributed by atoms with Gasteiger partial charge in [0.15, 0.2) is 5.65 Å². The largest absolute Gasteiger partial charge is 0.369 e. The first-order valence-electron chi connectivity index (χ1n) is 8.22. The van der Waals surface area contributed by atoms with Crippen LogP contribution in [0.1, 0.15) is 43.8 Å². The SMILES string of the molecule is c1cn2c(C3CCCCC3)nnc2cc1N1CCNCC1. The Morgan fingerprint density at radius 2 is 1.86 bits per heavy atom. The molecule has 1 saturated carbocycles. The Balaban J connectivity index is 1.63. The molecule has 5 heteroatoms. The van der Waals surface area contributed by atoms with Gasteiger partial charge in [0, 0.05) is 50.0 Å². The molecule has 0 unspecified atom stereocenters. The molecule has 1 N–H and O–H groups in total. The van der Waals surface area contributed by atoms with E-state index >= 15 is 0 Å². The van der Waals surface area contributed by atoms with Crippen LogP contribution in [0.5, 0.6) is 0 Å². The molecular weight excluding hydrogens is 262 g/mol. The van der Waals surface area contributed by atoms with Crippen molar-refractivity contribution in [3.05, 3.63) is 24.2 Å². The molecule has 2 aromatic rings. The van der Waals surface area contributed by atoms with Gasteiger partial charge < -0.3 is 10.2 Å². The van der Waals surface area contributed by atoms with Crippen LogP contribution in [0.4, 0.5) is 5.69 Å². The van der Waals surface area contributed by atoms with E-state index in [1.54, 1.807) is 0 Å². The summed E-state index contributed by atoms with van der Waals surface area (Å²) >= 11 is 0. The number of aromatic nitrogens is 3. The summed E-state index contributed by atoms with van der Waals surface area (Å²) in [6.07, 6.45) is 8.73. The fourth-order valence-corrected chi connectivity index (χ4v) is 3.66. The third-order valence-corrected chi connectivity index (χ3v) is 4.87. The molecule has 112 valence electrons. The molecule has 1 aliphatic heterocycles. The average Bonchev–Trinajstić information content (AvgIpc) is 2.99. The van der Waals surface area contributed by atoms with Gasteiger partial charge in [0.2, 0.25) is 0 Å². The van der Waals surface area contributed by atoms with E-state index in [1.807, 2.05) is 0 Å². The Labute approximate surface area is 125 Å². The zero-order valence-corrected chi connectivity index (χ0v) is 12.5. The molecule has 5 nitrogen and oxygen atoms in total. The molecule has 21 heavy (non-hydrogen) atoms. The van der Waals surface area contributed by atoms with Crippen molar-refractivity contribution in [2.75, 3.05) is 31.1 Å². The van der Waals surface area contributed by atoms with Gasteiger partial charge in [-0.15, -0.1) is 10.2 Å². The molecule has 3 heterocycles. The predicted octanol–water partition coefficient (Wildman–Crippen LogP) is 2.19. The summed E-state index contributed by atoms with van der Waals surface area (Å²) in [5.74, 6) is 1.76. The predicted molar refractivity (Wildman–Crippen MR) is 83.9 cm³/mol. The molecule has 1 aliphatic carbocycles. The number of piperazine rings is 1. The maximum Gasteiger partial charge on any atom is 0.162 e. The van der Waals surface area contributed by atoms with Gasteiger partial charge in [0.05, 0.1) is 0 Å². The summed E-state index contributed by atoms with van der Waals surface area (Å²) in [7, 11) is 0. The smallest absolute Gasteiger partial charge is 0.162 e. The molecule has 2 aromatic heterocycles. The van der Waals surface area contributed by atoms with Crippen molar-refractivity contribution in [2.24, 2.45) is 0 Å². The fourth-order valence-electron chi connectivity index (χ4n) is 3.66. The number of pyridine rings is 1. The van der Waals surface area contributed by atoms with E-state index in [9.17, 15) is 0 Å². The number of nitrogens with one attached hydrogen (secondary N) is 1. The van der Waals surface area contributed by atoms with Gasteiger partial charge >= 0.3 is 0 Å². The van der Waals surface area contributed by atoms with Gasteiger partial charge in [-0.1, -0.05) is 19.3 Å². The quantitative estimate of drug-likeness (QED) is 0.918. The minimum atomic E-state index is 0.596.